The van der Waals surface area contributed by atoms with Gasteiger partial charge in [-0.05, 0) is 67.1 Å². The fourth-order valence-electron chi connectivity index (χ4n) is 10.0. The van der Waals surface area contributed by atoms with Gasteiger partial charge in [0.15, 0.2) is 0 Å². The van der Waals surface area contributed by atoms with E-state index in [0.29, 0.717) is 11.3 Å². The van der Waals surface area contributed by atoms with E-state index in [2.05, 4.69) is 38.3 Å². The molecular formula is C44H75F6N5O5. The Morgan fingerprint density at radius 1 is 0.467 bits per heavy atom. The molecule has 348 valence electrons. The van der Waals surface area contributed by atoms with Crippen LogP contribution in [0.15, 0.2) is 0 Å². The summed E-state index contributed by atoms with van der Waals surface area (Å²) in [5.74, 6) is -7.78. The Labute approximate surface area is 354 Å². The second kappa shape index (κ2) is 18.0. The van der Waals surface area contributed by atoms with Crippen molar-refractivity contribution < 1.29 is 50.3 Å². The van der Waals surface area contributed by atoms with Crippen LogP contribution in [0.5, 0.6) is 0 Å². The number of carbonyl (C=O) groups is 5. The molecule has 0 aliphatic heterocycles. The average Bonchev–Trinajstić information content (AvgIpc) is 3.85. The number of amides is 5. The Hall–Kier alpha value is -3.07. The van der Waals surface area contributed by atoms with Gasteiger partial charge < -0.3 is 27.0 Å². The SMILES string of the molecule is CC(C)C1(C(=O)N(C)C)CC(F)(F)C1.CC(C)C1(C(N)=O)CC(F)(F)C1.CC(C)C12CC(C(N)=O)(C1)C2.CNC(=O)C1(C(C)C)CC(F)(F)C1.CNC(=O)C1(C(C)C)CC1. The van der Waals surface area contributed by atoms with Crippen LogP contribution in [0, 0.1) is 62.1 Å². The number of primary amides is 2. The van der Waals surface area contributed by atoms with Gasteiger partial charge in [-0.15, -0.1) is 0 Å². The highest BCUT2D eigenvalue weighted by molar-refractivity contribution is 5.86. The molecule has 7 aliphatic rings. The van der Waals surface area contributed by atoms with Gasteiger partial charge in [0.2, 0.25) is 47.3 Å². The largest absolute Gasteiger partial charge is 0.369 e. The van der Waals surface area contributed by atoms with Gasteiger partial charge in [0, 0.05) is 66.7 Å². The molecule has 2 bridgehead atoms. The molecule has 7 rings (SSSR count). The van der Waals surface area contributed by atoms with Crippen molar-refractivity contribution in [3.63, 3.8) is 0 Å². The van der Waals surface area contributed by atoms with E-state index in [-0.39, 0.29) is 90.7 Å². The van der Waals surface area contributed by atoms with Crippen LogP contribution in [-0.2, 0) is 24.0 Å². The van der Waals surface area contributed by atoms with Crippen molar-refractivity contribution in [2.75, 3.05) is 28.2 Å². The van der Waals surface area contributed by atoms with Gasteiger partial charge in [0.25, 0.3) is 0 Å². The summed E-state index contributed by atoms with van der Waals surface area (Å²) in [6.45, 7) is 19.5. The first-order valence-corrected chi connectivity index (χ1v) is 21.4. The van der Waals surface area contributed by atoms with Crippen LogP contribution in [0.2, 0.25) is 0 Å². The maximum atomic E-state index is 12.8. The number of alkyl halides is 6. The van der Waals surface area contributed by atoms with E-state index >= 15 is 0 Å². The highest BCUT2D eigenvalue weighted by Crippen LogP contribution is 2.76. The molecule has 10 nitrogen and oxygen atoms in total. The molecule has 7 saturated carbocycles. The normalized spacial score (nSPS) is 27.6. The quantitative estimate of drug-likeness (QED) is 0.164. The summed E-state index contributed by atoms with van der Waals surface area (Å²) >= 11 is 0. The van der Waals surface area contributed by atoms with Crippen molar-refractivity contribution in [1.29, 1.82) is 0 Å². The second-order valence-electron chi connectivity index (χ2n) is 20.8. The fraction of sp³-hybridized carbons (Fsp3) is 0.886. The predicted molar refractivity (Wildman–Crippen MR) is 220 cm³/mol. The Morgan fingerprint density at radius 3 is 0.950 bits per heavy atom. The van der Waals surface area contributed by atoms with Crippen LogP contribution >= 0.6 is 0 Å². The number of hydrogen-bond acceptors (Lipinski definition) is 5. The highest BCUT2D eigenvalue weighted by atomic mass is 19.3. The lowest BCUT2D eigenvalue weighted by molar-refractivity contribution is -0.222. The number of rotatable bonds is 10. The third-order valence-corrected chi connectivity index (χ3v) is 15.2. The van der Waals surface area contributed by atoms with E-state index in [1.165, 1.54) is 11.9 Å². The van der Waals surface area contributed by atoms with Gasteiger partial charge in [0.1, 0.15) is 0 Å². The van der Waals surface area contributed by atoms with E-state index in [9.17, 15) is 50.3 Å². The van der Waals surface area contributed by atoms with Gasteiger partial charge in [-0.25, -0.2) is 26.3 Å². The van der Waals surface area contributed by atoms with E-state index < -0.39 is 39.9 Å². The number of nitrogens with two attached hydrogens (primary N) is 2. The molecule has 7 fully saturated rings. The summed E-state index contributed by atoms with van der Waals surface area (Å²) in [6, 6.07) is 0. The number of hydrogen-bond donors (Lipinski definition) is 4. The van der Waals surface area contributed by atoms with Crippen LogP contribution in [0.1, 0.15) is 140 Å². The van der Waals surface area contributed by atoms with E-state index in [1.54, 1.807) is 35.0 Å². The Bertz CT molecular complexity index is 1550. The molecule has 16 heteroatoms. The third-order valence-electron chi connectivity index (χ3n) is 15.2. The number of nitrogens with one attached hydrogen (secondary N) is 2. The van der Waals surface area contributed by atoms with Crippen molar-refractivity contribution in [3.05, 3.63) is 0 Å². The molecule has 5 amide bonds. The van der Waals surface area contributed by atoms with Gasteiger partial charge >= 0.3 is 0 Å². The van der Waals surface area contributed by atoms with Crippen LogP contribution in [0.3, 0.4) is 0 Å². The topological polar surface area (TPSA) is 165 Å². The van der Waals surface area contributed by atoms with Gasteiger partial charge in [-0.2, -0.15) is 0 Å². The minimum atomic E-state index is -2.68. The molecule has 0 radical (unpaired) electrons. The zero-order valence-electron chi connectivity index (χ0n) is 38.6. The van der Waals surface area contributed by atoms with Gasteiger partial charge in [-0.3, -0.25) is 24.0 Å². The zero-order chi connectivity index (χ0) is 47.0. The number of halogens is 6. The standard InChI is InChI=1S/C10H17F2NO.C9H15F2NO.C9H15NO.C8H13F2NO.C8H15NO/c1-7(2)9(8(14)13(3)4)5-10(11,12)6-9;1-6(2)8(7(13)12-3)4-9(10,11)5-8;1-6(2)8-3-9(4-8,5-8)7(10)11;1-5(2)7(6(11)12)3-8(9,10)4-7;1-6(2)8(4-5-8)7(10)9-3/h7H,5-6H2,1-4H3;6H,4-5H2,1-3H3,(H,12,13);6H,3-5H2,1-2H3,(H2,10,11);5H,3-4H2,1-2H3,(H2,11,12);6H,4-5H2,1-3H3,(H,9,10). The maximum Gasteiger partial charge on any atom is 0.250 e. The highest BCUT2D eigenvalue weighted by Gasteiger charge is 2.71. The van der Waals surface area contributed by atoms with E-state index in [1.807, 2.05) is 27.7 Å². The lowest BCUT2D eigenvalue weighted by Crippen LogP contribution is -2.68. The van der Waals surface area contributed by atoms with Crippen molar-refractivity contribution >= 4 is 29.5 Å². The minimum absolute atomic E-state index is 0.00868. The van der Waals surface area contributed by atoms with E-state index in [4.69, 9.17) is 11.5 Å². The Balaban J connectivity index is 0.000000259. The lowest BCUT2D eigenvalue weighted by atomic mass is 9.32. The number of carbonyl (C=O) groups excluding carboxylic acids is 5. The summed E-state index contributed by atoms with van der Waals surface area (Å²) in [5.41, 5.74) is 8.22. The molecule has 0 heterocycles. The zero-order valence-corrected chi connectivity index (χ0v) is 38.6. The van der Waals surface area contributed by atoms with Crippen molar-refractivity contribution in [2.45, 2.75) is 158 Å². The van der Waals surface area contributed by atoms with Crippen LogP contribution in [0.4, 0.5) is 26.3 Å². The van der Waals surface area contributed by atoms with E-state index in [0.717, 1.165) is 38.0 Å². The lowest BCUT2D eigenvalue weighted by Gasteiger charge is -2.71. The minimum Gasteiger partial charge on any atom is -0.369 e. The average molecular weight is 868 g/mol. The fourth-order valence-corrected chi connectivity index (χ4v) is 10.0. The van der Waals surface area contributed by atoms with Crippen LogP contribution < -0.4 is 22.1 Å². The summed E-state index contributed by atoms with van der Waals surface area (Å²) in [7, 11) is 6.43. The smallest absolute Gasteiger partial charge is 0.250 e. The molecule has 0 aromatic rings. The molecule has 0 atom stereocenters. The molecule has 0 spiro atoms. The van der Waals surface area contributed by atoms with Crippen LogP contribution in [-0.4, -0.2) is 80.4 Å². The Kier molecular flexibility index (Phi) is 15.9. The molecule has 0 aromatic carbocycles. The van der Waals surface area contributed by atoms with Gasteiger partial charge in [0.05, 0.1) is 27.1 Å². The molecule has 0 unspecified atom stereocenters. The summed E-state index contributed by atoms with van der Waals surface area (Å²) in [4.78, 5) is 57.7. The summed E-state index contributed by atoms with van der Waals surface area (Å²) in [5, 5.41) is 5.16. The summed E-state index contributed by atoms with van der Waals surface area (Å²) in [6.07, 6.45) is 3.36. The second-order valence-corrected chi connectivity index (χ2v) is 20.8. The first kappa shape index (κ1) is 53.1. The predicted octanol–water partition coefficient (Wildman–Crippen LogP) is 7.96. The number of nitrogens with zero attached hydrogens (tertiary/aromatic N) is 1. The van der Waals surface area contributed by atoms with Gasteiger partial charge in [-0.1, -0.05) is 69.2 Å². The summed E-state index contributed by atoms with van der Waals surface area (Å²) < 4.78 is 76.2. The van der Waals surface area contributed by atoms with Crippen LogP contribution in [0.25, 0.3) is 0 Å². The first-order chi connectivity index (χ1) is 27.0. The first-order valence-electron chi connectivity index (χ1n) is 21.4. The molecule has 0 aromatic heterocycles. The molecule has 6 N–H and O–H groups in total. The third kappa shape index (κ3) is 10.4. The monoisotopic (exact) mass is 868 g/mol. The van der Waals surface area contributed by atoms with Crippen molar-refractivity contribution in [2.24, 2.45) is 73.5 Å². The molecule has 60 heavy (non-hydrogen) atoms. The van der Waals surface area contributed by atoms with Crippen molar-refractivity contribution in [1.82, 2.24) is 15.5 Å². The van der Waals surface area contributed by atoms with Crippen molar-refractivity contribution in [3.8, 4) is 0 Å². The maximum absolute atomic E-state index is 12.8. The molecule has 0 saturated heterocycles. The Morgan fingerprint density at radius 2 is 0.767 bits per heavy atom. The molecule has 7 aliphatic carbocycles. The molecular weight excluding hydrogens is 793 g/mol.